The number of hydrogen-bond donors (Lipinski definition) is 2. The monoisotopic (exact) mass is 536 g/mol. The molecule has 3 aliphatic rings. The molecule has 2 aromatic carbocycles. The molecule has 5 rings (SSSR count). The molecule has 202 valence electrons. The van der Waals surface area contributed by atoms with E-state index in [4.69, 9.17) is 4.74 Å². The lowest BCUT2D eigenvalue weighted by Crippen LogP contribution is -2.55. The summed E-state index contributed by atoms with van der Waals surface area (Å²) in [5.74, 6) is -2.20. The van der Waals surface area contributed by atoms with Crippen molar-refractivity contribution >= 4 is 35.2 Å². The molecule has 3 fully saturated rings. The van der Waals surface area contributed by atoms with Crippen LogP contribution in [-0.2, 0) is 25.5 Å². The molecule has 8 heteroatoms. The number of nitrogens with zero attached hydrogens (tertiary/aromatic N) is 1. The van der Waals surface area contributed by atoms with E-state index in [-0.39, 0.29) is 31.0 Å². The van der Waals surface area contributed by atoms with Crippen LogP contribution in [0.4, 0.5) is 5.69 Å². The number of fused-ring (bicyclic) bond motifs is 1. The summed E-state index contributed by atoms with van der Waals surface area (Å²) in [6.07, 6.45) is 1.77. The summed E-state index contributed by atoms with van der Waals surface area (Å²) in [6, 6.07) is 14.1. The lowest BCUT2D eigenvalue weighted by atomic mass is 9.66. The van der Waals surface area contributed by atoms with Gasteiger partial charge in [-0.15, -0.1) is 11.8 Å². The summed E-state index contributed by atoms with van der Waals surface area (Å²) in [5.41, 5.74) is 3.62. The molecule has 0 aliphatic carbocycles. The summed E-state index contributed by atoms with van der Waals surface area (Å²) < 4.78 is 4.21. The first-order valence-corrected chi connectivity index (χ1v) is 14.2. The molecule has 1 spiro atoms. The molecule has 3 aliphatic heterocycles. The fourth-order valence-electron chi connectivity index (χ4n) is 6.85. The van der Waals surface area contributed by atoms with Gasteiger partial charge in [0.1, 0.15) is 6.04 Å². The van der Waals surface area contributed by atoms with Crippen molar-refractivity contribution in [1.29, 1.82) is 0 Å². The molecule has 2 amide bonds. The fraction of sp³-hybridized carbons (Fsp3) is 0.500. The first-order valence-electron chi connectivity index (χ1n) is 13.4. The maximum absolute atomic E-state index is 14.3. The van der Waals surface area contributed by atoms with Gasteiger partial charge in [-0.05, 0) is 69.7 Å². The van der Waals surface area contributed by atoms with Crippen molar-refractivity contribution in [2.75, 3.05) is 18.5 Å². The van der Waals surface area contributed by atoms with Gasteiger partial charge >= 0.3 is 5.97 Å². The summed E-state index contributed by atoms with van der Waals surface area (Å²) >= 11 is 1.60. The zero-order chi connectivity index (χ0) is 27.2. The Labute approximate surface area is 228 Å². The first-order chi connectivity index (χ1) is 18.1. The molecule has 38 heavy (non-hydrogen) atoms. The summed E-state index contributed by atoms with van der Waals surface area (Å²) in [5, 5.41) is 13.7. The normalized spacial score (nSPS) is 30.3. The van der Waals surface area contributed by atoms with E-state index >= 15 is 0 Å². The van der Waals surface area contributed by atoms with Gasteiger partial charge in [0.15, 0.2) is 0 Å². The van der Waals surface area contributed by atoms with E-state index in [1.807, 2.05) is 69.3 Å². The molecule has 2 bridgehead atoms. The van der Waals surface area contributed by atoms with Crippen LogP contribution >= 0.6 is 11.8 Å². The van der Waals surface area contributed by atoms with Gasteiger partial charge in [0.05, 0.1) is 35.8 Å². The maximum atomic E-state index is 14.3. The van der Waals surface area contributed by atoms with Gasteiger partial charge in [0.2, 0.25) is 11.8 Å². The third kappa shape index (κ3) is 4.22. The third-order valence-electron chi connectivity index (χ3n) is 8.57. The number of aryl methyl sites for hydroxylation is 2. The van der Waals surface area contributed by atoms with Crippen molar-refractivity contribution < 1.29 is 24.2 Å². The highest BCUT2D eigenvalue weighted by Gasteiger charge is 2.78. The Morgan fingerprint density at radius 3 is 2.61 bits per heavy atom. The first kappa shape index (κ1) is 26.8. The SMILES string of the molecule is CCOC(=O)[C@H]1[C@H]2C(=O)N([C@@H](CO)Cc3ccccc3)C(C(=O)Nc3cc(C)ccc3C)C23CC[C@]1(C)S3. The van der Waals surface area contributed by atoms with Crippen LogP contribution in [0.15, 0.2) is 48.5 Å². The number of ether oxygens (including phenoxy) is 1. The van der Waals surface area contributed by atoms with Crippen LogP contribution in [0.1, 0.15) is 43.4 Å². The molecule has 7 nitrogen and oxygen atoms in total. The minimum atomic E-state index is -0.827. The molecule has 2 unspecified atom stereocenters. The Kier molecular flexibility index (Phi) is 7.07. The van der Waals surface area contributed by atoms with Gasteiger partial charge in [0, 0.05) is 10.4 Å². The number of hydrogen-bond acceptors (Lipinski definition) is 6. The number of rotatable bonds is 8. The van der Waals surface area contributed by atoms with E-state index in [2.05, 4.69) is 5.32 Å². The number of carbonyl (C=O) groups excluding carboxylic acids is 3. The Balaban J connectivity index is 1.58. The van der Waals surface area contributed by atoms with Crippen LogP contribution in [-0.4, -0.2) is 62.6 Å². The second-order valence-corrected chi connectivity index (χ2v) is 13.0. The minimum absolute atomic E-state index is 0.234. The average Bonchev–Trinajstić information content (AvgIpc) is 3.46. The lowest BCUT2D eigenvalue weighted by molar-refractivity contribution is -0.155. The number of thioether (sulfide) groups is 1. The van der Waals surface area contributed by atoms with Gasteiger partial charge in [0.25, 0.3) is 0 Å². The van der Waals surface area contributed by atoms with Gasteiger partial charge in [-0.3, -0.25) is 14.4 Å². The van der Waals surface area contributed by atoms with E-state index < -0.39 is 33.4 Å². The number of anilines is 1. The van der Waals surface area contributed by atoms with Gasteiger partial charge in [-0.1, -0.05) is 42.5 Å². The molecule has 0 radical (unpaired) electrons. The standard InChI is InChI=1S/C30H36N2O5S/c1-5-37-28(36)24-23-27(35)32(21(17-33)16-20-9-7-6-8-10-20)25(30(23)14-13-29(24,4)38-30)26(34)31-22-15-18(2)11-12-19(22)3/h6-12,15,21,23-25,33H,5,13-14,16-17H2,1-4H3,(H,31,34)/t21-,23+,24-,25?,29+,30?/m1/s1. The van der Waals surface area contributed by atoms with E-state index in [1.54, 1.807) is 23.6 Å². The third-order valence-corrected chi connectivity index (χ3v) is 10.6. The van der Waals surface area contributed by atoms with Crippen LogP contribution in [0.25, 0.3) is 0 Å². The zero-order valence-corrected chi connectivity index (χ0v) is 23.2. The number of aliphatic hydroxyl groups is 1. The quantitative estimate of drug-likeness (QED) is 0.497. The second-order valence-electron chi connectivity index (χ2n) is 11.1. The molecular weight excluding hydrogens is 500 g/mol. The van der Waals surface area contributed by atoms with E-state index in [0.717, 1.165) is 16.7 Å². The molecular formula is C30H36N2O5S. The topological polar surface area (TPSA) is 95.9 Å². The van der Waals surface area contributed by atoms with Crippen molar-refractivity contribution in [3.63, 3.8) is 0 Å². The molecule has 0 aromatic heterocycles. The smallest absolute Gasteiger partial charge is 0.311 e. The molecule has 0 saturated carbocycles. The lowest BCUT2D eigenvalue weighted by Gasteiger charge is -2.37. The minimum Gasteiger partial charge on any atom is -0.466 e. The van der Waals surface area contributed by atoms with Crippen LogP contribution in [0, 0.1) is 25.7 Å². The van der Waals surface area contributed by atoms with E-state index in [9.17, 15) is 19.5 Å². The van der Waals surface area contributed by atoms with Crippen molar-refractivity contribution in [2.24, 2.45) is 11.8 Å². The van der Waals surface area contributed by atoms with E-state index in [1.165, 1.54) is 0 Å². The number of benzene rings is 2. The number of amides is 2. The number of nitrogens with one attached hydrogen (secondary N) is 1. The summed E-state index contributed by atoms with van der Waals surface area (Å²) in [7, 11) is 0. The Morgan fingerprint density at radius 1 is 1.18 bits per heavy atom. The average molecular weight is 537 g/mol. The number of aliphatic hydroxyl groups excluding tert-OH is 1. The van der Waals surface area contributed by atoms with Crippen LogP contribution in [0.5, 0.6) is 0 Å². The number of carbonyl (C=O) groups is 3. The molecule has 3 saturated heterocycles. The molecule has 2 aromatic rings. The van der Waals surface area contributed by atoms with Crippen molar-refractivity contribution in [3.05, 3.63) is 65.2 Å². The van der Waals surface area contributed by atoms with Gasteiger partial charge in [-0.25, -0.2) is 0 Å². The maximum Gasteiger partial charge on any atom is 0.311 e. The highest BCUT2D eigenvalue weighted by Crippen LogP contribution is 2.71. The predicted octanol–water partition coefficient (Wildman–Crippen LogP) is 3.89. The molecule has 3 heterocycles. The van der Waals surface area contributed by atoms with E-state index in [0.29, 0.717) is 24.9 Å². The van der Waals surface area contributed by atoms with Crippen LogP contribution in [0.2, 0.25) is 0 Å². The predicted molar refractivity (Wildman–Crippen MR) is 148 cm³/mol. The van der Waals surface area contributed by atoms with Gasteiger partial charge in [-0.2, -0.15) is 0 Å². The Bertz CT molecular complexity index is 1250. The highest BCUT2D eigenvalue weighted by molar-refractivity contribution is 8.02. The largest absolute Gasteiger partial charge is 0.466 e. The summed E-state index contributed by atoms with van der Waals surface area (Å²) in [6.45, 7) is 7.64. The van der Waals surface area contributed by atoms with Gasteiger partial charge < -0.3 is 20.1 Å². The Morgan fingerprint density at radius 2 is 1.92 bits per heavy atom. The van der Waals surface area contributed by atoms with Crippen molar-refractivity contribution in [3.8, 4) is 0 Å². The molecule has 2 N–H and O–H groups in total. The summed E-state index contributed by atoms with van der Waals surface area (Å²) in [4.78, 5) is 43.4. The Hall–Kier alpha value is -2.84. The number of likely N-dealkylation sites (tertiary alicyclic amines) is 1. The fourth-order valence-corrected chi connectivity index (χ4v) is 9.19. The van der Waals surface area contributed by atoms with Crippen LogP contribution < -0.4 is 5.32 Å². The highest BCUT2D eigenvalue weighted by atomic mass is 32.2. The van der Waals surface area contributed by atoms with Crippen LogP contribution in [0.3, 0.4) is 0 Å². The second kappa shape index (κ2) is 10.0. The van der Waals surface area contributed by atoms with Crippen molar-refractivity contribution in [1.82, 2.24) is 4.90 Å². The molecule has 6 atom stereocenters. The van der Waals surface area contributed by atoms with Crippen molar-refractivity contribution in [2.45, 2.75) is 68.5 Å². The number of esters is 1. The zero-order valence-electron chi connectivity index (χ0n) is 22.4.